The van der Waals surface area contributed by atoms with Crippen LogP contribution >= 0.6 is 0 Å². The van der Waals surface area contributed by atoms with Crippen LogP contribution in [0.5, 0.6) is 5.75 Å². The highest BCUT2D eigenvalue weighted by Gasteiger charge is 2.52. The fourth-order valence-electron chi connectivity index (χ4n) is 2.48. The standard InChI is InChI=1S/C16H22FNO3/c1-4-20-15(19)16(18-3,12-8-9-12)10-21-13-7-5-6-11(2)14(13)17/h5-7,12,18H,4,8-10H2,1-3H3. The van der Waals surface area contributed by atoms with Crippen LogP contribution in [0.4, 0.5) is 4.39 Å². The molecular formula is C16H22FNO3. The SMILES string of the molecule is CCOC(=O)C(COc1cccc(C)c1F)(NC)C1CC1. The molecule has 1 aliphatic rings. The minimum Gasteiger partial charge on any atom is -0.488 e. The van der Waals surface area contributed by atoms with Gasteiger partial charge in [0.1, 0.15) is 6.61 Å². The molecule has 1 saturated carbocycles. The molecule has 116 valence electrons. The third-order valence-corrected chi connectivity index (χ3v) is 3.97. The Balaban J connectivity index is 2.16. The van der Waals surface area contributed by atoms with E-state index in [4.69, 9.17) is 9.47 Å². The summed E-state index contributed by atoms with van der Waals surface area (Å²) >= 11 is 0. The van der Waals surface area contributed by atoms with E-state index in [1.807, 2.05) is 0 Å². The summed E-state index contributed by atoms with van der Waals surface area (Å²) in [5, 5.41) is 3.04. The molecule has 1 aromatic rings. The molecule has 0 spiro atoms. The van der Waals surface area contributed by atoms with Crippen molar-refractivity contribution in [2.45, 2.75) is 32.2 Å². The Hall–Kier alpha value is -1.62. The predicted molar refractivity (Wildman–Crippen MR) is 77.8 cm³/mol. The number of rotatable bonds is 7. The summed E-state index contributed by atoms with van der Waals surface area (Å²) < 4.78 is 24.8. The van der Waals surface area contributed by atoms with Gasteiger partial charge in [0.2, 0.25) is 0 Å². The van der Waals surface area contributed by atoms with Crippen molar-refractivity contribution >= 4 is 5.97 Å². The molecule has 21 heavy (non-hydrogen) atoms. The number of hydrogen-bond donors (Lipinski definition) is 1. The topological polar surface area (TPSA) is 47.6 Å². The van der Waals surface area contributed by atoms with Crippen molar-refractivity contribution in [3.63, 3.8) is 0 Å². The second-order valence-electron chi connectivity index (χ2n) is 5.39. The number of nitrogens with one attached hydrogen (secondary N) is 1. The van der Waals surface area contributed by atoms with Crippen LogP contribution in [0.15, 0.2) is 18.2 Å². The van der Waals surface area contributed by atoms with E-state index >= 15 is 0 Å². The summed E-state index contributed by atoms with van der Waals surface area (Å²) in [6.07, 6.45) is 1.89. The summed E-state index contributed by atoms with van der Waals surface area (Å²) in [6, 6.07) is 4.98. The number of ether oxygens (including phenoxy) is 2. The molecule has 1 unspecified atom stereocenters. The summed E-state index contributed by atoms with van der Waals surface area (Å²) in [7, 11) is 1.71. The number of likely N-dealkylation sites (N-methyl/N-ethyl adjacent to an activating group) is 1. The van der Waals surface area contributed by atoms with Crippen molar-refractivity contribution < 1.29 is 18.7 Å². The number of hydrogen-bond acceptors (Lipinski definition) is 4. The highest BCUT2D eigenvalue weighted by atomic mass is 19.1. The van der Waals surface area contributed by atoms with Gasteiger partial charge in [-0.3, -0.25) is 0 Å². The molecule has 4 nitrogen and oxygen atoms in total. The largest absolute Gasteiger partial charge is 0.488 e. The smallest absolute Gasteiger partial charge is 0.330 e. The lowest BCUT2D eigenvalue weighted by Gasteiger charge is -2.31. The van der Waals surface area contributed by atoms with Crippen molar-refractivity contribution in [3.05, 3.63) is 29.6 Å². The fourth-order valence-corrected chi connectivity index (χ4v) is 2.48. The number of carbonyl (C=O) groups is 1. The monoisotopic (exact) mass is 295 g/mol. The van der Waals surface area contributed by atoms with E-state index in [1.54, 1.807) is 39.1 Å². The molecule has 1 N–H and O–H groups in total. The molecule has 0 aliphatic heterocycles. The number of esters is 1. The Labute approximate surface area is 124 Å². The molecule has 0 saturated heterocycles. The van der Waals surface area contributed by atoms with Gasteiger partial charge in [0.25, 0.3) is 0 Å². The minimum atomic E-state index is -0.897. The van der Waals surface area contributed by atoms with Gasteiger partial charge in [0.05, 0.1) is 6.61 Å². The van der Waals surface area contributed by atoms with Gasteiger partial charge >= 0.3 is 5.97 Å². The Morgan fingerprint density at radius 2 is 2.19 bits per heavy atom. The lowest BCUT2D eigenvalue weighted by Crippen LogP contribution is -2.57. The molecule has 2 rings (SSSR count). The second kappa shape index (κ2) is 6.43. The molecule has 0 heterocycles. The normalized spacial score (nSPS) is 17.1. The Morgan fingerprint density at radius 1 is 1.48 bits per heavy atom. The first-order valence-electron chi connectivity index (χ1n) is 7.29. The second-order valence-corrected chi connectivity index (χ2v) is 5.39. The number of halogens is 1. The van der Waals surface area contributed by atoms with Crippen LogP contribution in [-0.2, 0) is 9.53 Å². The Morgan fingerprint density at radius 3 is 2.76 bits per heavy atom. The van der Waals surface area contributed by atoms with Crippen molar-refractivity contribution in [1.82, 2.24) is 5.32 Å². The summed E-state index contributed by atoms with van der Waals surface area (Å²) in [6.45, 7) is 3.83. The van der Waals surface area contributed by atoms with Crippen LogP contribution in [0.25, 0.3) is 0 Å². The molecule has 1 atom stereocenters. The predicted octanol–water partition coefficient (Wildman–Crippen LogP) is 2.44. The molecule has 1 aromatic carbocycles. The van der Waals surface area contributed by atoms with Gasteiger partial charge in [-0.25, -0.2) is 9.18 Å². The molecule has 5 heteroatoms. The molecular weight excluding hydrogens is 273 g/mol. The number of benzene rings is 1. The third kappa shape index (κ3) is 3.18. The summed E-state index contributed by atoms with van der Waals surface area (Å²) in [5.41, 5.74) is -0.378. The van der Waals surface area contributed by atoms with Crippen LogP contribution in [-0.4, -0.2) is 31.8 Å². The van der Waals surface area contributed by atoms with Crippen molar-refractivity contribution in [2.75, 3.05) is 20.3 Å². The van der Waals surface area contributed by atoms with Crippen LogP contribution in [0.2, 0.25) is 0 Å². The molecule has 0 radical (unpaired) electrons. The lowest BCUT2D eigenvalue weighted by atomic mass is 9.94. The van der Waals surface area contributed by atoms with Crippen LogP contribution in [0, 0.1) is 18.7 Å². The van der Waals surface area contributed by atoms with Gasteiger partial charge in [0.15, 0.2) is 17.1 Å². The maximum Gasteiger partial charge on any atom is 0.330 e. The fraction of sp³-hybridized carbons (Fsp3) is 0.562. The molecule has 1 fully saturated rings. The average molecular weight is 295 g/mol. The number of carbonyl (C=O) groups excluding carboxylic acids is 1. The van der Waals surface area contributed by atoms with Crippen LogP contribution in [0.1, 0.15) is 25.3 Å². The summed E-state index contributed by atoms with van der Waals surface area (Å²) in [4.78, 5) is 12.3. The lowest BCUT2D eigenvalue weighted by molar-refractivity contribution is -0.153. The van der Waals surface area contributed by atoms with Crippen molar-refractivity contribution in [2.24, 2.45) is 5.92 Å². The first kappa shape index (κ1) is 15.8. The Bertz CT molecular complexity index is 516. The zero-order valence-electron chi connectivity index (χ0n) is 12.7. The third-order valence-electron chi connectivity index (χ3n) is 3.97. The van der Waals surface area contributed by atoms with Gasteiger partial charge in [-0.2, -0.15) is 0 Å². The van der Waals surface area contributed by atoms with E-state index in [0.29, 0.717) is 12.2 Å². The van der Waals surface area contributed by atoms with Gasteiger partial charge < -0.3 is 14.8 Å². The van der Waals surface area contributed by atoms with E-state index in [-0.39, 0.29) is 30.1 Å². The minimum absolute atomic E-state index is 0.0629. The van der Waals surface area contributed by atoms with Crippen LogP contribution < -0.4 is 10.1 Å². The first-order valence-corrected chi connectivity index (χ1v) is 7.29. The molecule has 1 aliphatic carbocycles. The van der Waals surface area contributed by atoms with E-state index in [0.717, 1.165) is 12.8 Å². The van der Waals surface area contributed by atoms with E-state index in [1.165, 1.54) is 0 Å². The molecule has 0 aromatic heterocycles. The number of aryl methyl sites for hydroxylation is 1. The van der Waals surface area contributed by atoms with Crippen LogP contribution in [0.3, 0.4) is 0 Å². The maximum atomic E-state index is 14.0. The zero-order chi connectivity index (χ0) is 15.5. The molecule has 0 bridgehead atoms. The van der Waals surface area contributed by atoms with Gasteiger partial charge in [-0.15, -0.1) is 0 Å². The summed E-state index contributed by atoms with van der Waals surface area (Å²) in [5.74, 6) is -0.376. The Kier molecular flexibility index (Phi) is 4.83. The van der Waals surface area contributed by atoms with Gasteiger partial charge in [0, 0.05) is 0 Å². The zero-order valence-corrected chi connectivity index (χ0v) is 12.7. The van der Waals surface area contributed by atoms with E-state index in [2.05, 4.69) is 5.32 Å². The first-order chi connectivity index (χ1) is 10.0. The maximum absolute atomic E-state index is 14.0. The van der Waals surface area contributed by atoms with Crippen molar-refractivity contribution in [1.29, 1.82) is 0 Å². The van der Waals surface area contributed by atoms with E-state index in [9.17, 15) is 9.18 Å². The van der Waals surface area contributed by atoms with E-state index < -0.39 is 5.54 Å². The van der Waals surface area contributed by atoms with Gasteiger partial charge in [-0.1, -0.05) is 12.1 Å². The highest BCUT2D eigenvalue weighted by Crippen LogP contribution is 2.41. The van der Waals surface area contributed by atoms with Crippen molar-refractivity contribution in [3.8, 4) is 5.75 Å². The highest BCUT2D eigenvalue weighted by molar-refractivity contribution is 5.82. The quantitative estimate of drug-likeness (QED) is 0.785. The van der Waals surface area contributed by atoms with Gasteiger partial charge in [-0.05, 0) is 51.3 Å². The average Bonchev–Trinajstić information content (AvgIpc) is 3.30. The molecule has 0 amide bonds.